The third-order valence-electron chi connectivity index (χ3n) is 10.1. The Labute approximate surface area is 203 Å². The topological polar surface area (TPSA) is 108 Å². The van der Waals surface area contributed by atoms with Gasteiger partial charge >= 0.3 is 5.97 Å². The molecule has 190 valence electrons. The molecule has 0 unspecified atom stereocenters. The van der Waals surface area contributed by atoms with E-state index in [-0.39, 0.29) is 29.5 Å². The summed E-state index contributed by atoms with van der Waals surface area (Å²) in [5.41, 5.74) is 2.60. The fourth-order valence-corrected chi connectivity index (χ4v) is 7.69. The number of aliphatic hydroxyl groups is 1. The Balaban J connectivity index is 1.38. The van der Waals surface area contributed by atoms with Gasteiger partial charge in [0.25, 0.3) is 5.91 Å². The Morgan fingerprint density at radius 1 is 1.18 bits per heavy atom. The average Bonchev–Trinajstić information content (AvgIpc) is 3.11. The molecular formula is C27H42N2O5. The molecule has 3 fully saturated rings. The van der Waals surface area contributed by atoms with Gasteiger partial charge in [-0.1, -0.05) is 44.8 Å². The highest BCUT2D eigenvalue weighted by atomic mass is 16.6. The summed E-state index contributed by atoms with van der Waals surface area (Å²) in [6.45, 7) is 8.17. The van der Waals surface area contributed by atoms with E-state index in [2.05, 4.69) is 30.4 Å². The molecule has 0 radical (unpaired) electrons. The number of carboxylic acid groups (broad SMARTS) is 1. The van der Waals surface area contributed by atoms with Crippen molar-refractivity contribution in [3.63, 3.8) is 0 Å². The van der Waals surface area contributed by atoms with Gasteiger partial charge in [-0.15, -0.1) is 0 Å². The first kappa shape index (κ1) is 25.2. The summed E-state index contributed by atoms with van der Waals surface area (Å²) in [4.78, 5) is 28.9. The van der Waals surface area contributed by atoms with Gasteiger partial charge in [0.05, 0.1) is 11.8 Å². The van der Waals surface area contributed by atoms with Gasteiger partial charge in [-0.3, -0.25) is 4.79 Å². The van der Waals surface area contributed by atoms with Crippen molar-refractivity contribution < 1.29 is 24.6 Å². The highest BCUT2D eigenvalue weighted by Gasteiger charge is 2.58. The molecule has 0 spiro atoms. The number of amides is 1. The summed E-state index contributed by atoms with van der Waals surface area (Å²) >= 11 is 0. The number of fused-ring (bicyclic) bond motifs is 5. The van der Waals surface area contributed by atoms with E-state index in [1.54, 1.807) is 0 Å². The molecule has 8 atom stereocenters. The van der Waals surface area contributed by atoms with Crippen LogP contribution in [0.5, 0.6) is 0 Å². The fraction of sp³-hybridized carbons (Fsp3) is 0.815. The molecule has 4 rings (SSSR count). The summed E-state index contributed by atoms with van der Waals surface area (Å²) < 4.78 is 0. The van der Waals surface area contributed by atoms with E-state index in [4.69, 9.17) is 4.84 Å². The third kappa shape index (κ3) is 4.40. The van der Waals surface area contributed by atoms with Gasteiger partial charge in [0.2, 0.25) is 0 Å². The number of carbonyl (C=O) groups excluding carboxylic acids is 1. The number of carbonyl (C=O) groups is 2. The van der Waals surface area contributed by atoms with E-state index >= 15 is 0 Å². The van der Waals surface area contributed by atoms with Crippen molar-refractivity contribution in [2.45, 2.75) is 97.6 Å². The van der Waals surface area contributed by atoms with Crippen molar-refractivity contribution in [3.05, 3.63) is 11.6 Å². The van der Waals surface area contributed by atoms with E-state index in [9.17, 15) is 19.8 Å². The molecule has 0 aromatic heterocycles. The van der Waals surface area contributed by atoms with E-state index in [1.807, 2.05) is 13.8 Å². The molecule has 0 aromatic carbocycles. The van der Waals surface area contributed by atoms with Gasteiger partial charge in [-0.2, -0.15) is 0 Å². The molecule has 0 aromatic rings. The fourth-order valence-electron chi connectivity index (χ4n) is 7.69. The standard InChI is InChI=1S/C27H42N2O5/c1-5-16(2)24(25(32)33)28-23(31)15-34-29-18-10-12-26(3)17(14-18)6-7-19-20-8-9-22(30)27(20,4)13-11-21(19)26/h14,16,19-22,24,30H,5-13,15H2,1-4H3,(H,28,31)(H,32,33)/b29-18+/t16-,19-,20+,21+,22-,24-,26-,27-/m0/s1. The molecule has 0 aliphatic heterocycles. The second-order valence-corrected chi connectivity index (χ2v) is 11.8. The molecule has 4 aliphatic carbocycles. The number of rotatable bonds is 7. The number of hydrogen-bond donors (Lipinski definition) is 3. The molecule has 0 heterocycles. The number of aliphatic carboxylic acids is 1. The van der Waals surface area contributed by atoms with E-state index in [0.717, 1.165) is 44.2 Å². The largest absolute Gasteiger partial charge is 0.480 e. The predicted molar refractivity (Wildman–Crippen MR) is 130 cm³/mol. The van der Waals surface area contributed by atoms with E-state index in [0.29, 0.717) is 24.2 Å². The summed E-state index contributed by atoms with van der Waals surface area (Å²) in [6.07, 6.45) is 11.2. The zero-order valence-corrected chi connectivity index (χ0v) is 21.2. The van der Waals surface area contributed by atoms with Crippen molar-refractivity contribution in [3.8, 4) is 0 Å². The number of nitrogens with zero attached hydrogens (tertiary/aromatic N) is 1. The number of allylic oxidation sites excluding steroid dienone is 2. The maximum absolute atomic E-state index is 12.2. The Kier molecular flexibility index (Phi) is 7.14. The van der Waals surface area contributed by atoms with Crippen molar-refractivity contribution in [1.29, 1.82) is 0 Å². The monoisotopic (exact) mass is 474 g/mol. The van der Waals surface area contributed by atoms with Crippen molar-refractivity contribution >= 4 is 17.6 Å². The van der Waals surface area contributed by atoms with Gasteiger partial charge in [0, 0.05) is 0 Å². The normalized spacial score (nSPS) is 39.8. The zero-order chi connectivity index (χ0) is 24.7. The second-order valence-electron chi connectivity index (χ2n) is 11.8. The molecule has 3 saturated carbocycles. The molecule has 7 heteroatoms. The van der Waals surface area contributed by atoms with E-state index < -0.39 is 17.9 Å². The molecule has 0 saturated heterocycles. The van der Waals surface area contributed by atoms with Crippen molar-refractivity contribution in [2.75, 3.05) is 6.61 Å². The molecule has 0 bridgehead atoms. The molecule has 7 nitrogen and oxygen atoms in total. The molecule has 3 N–H and O–H groups in total. The maximum atomic E-state index is 12.2. The van der Waals surface area contributed by atoms with Crippen LogP contribution in [0.15, 0.2) is 16.8 Å². The Hall–Kier alpha value is -1.89. The number of oxime groups is 1. The number of carboxylic acids is 1. The van der Waals surface area contributed by atoms with Crippen molar-refractivity contribution in [1.82, 2.24) is 5.32 Å². The van der Waals surface area contributed by atoms with Gasteiger partial charge in [0.15, 0.2) is 6.61 Å². The lowest BCUT2D eigenvalue weighted by Crippen LogP contribution is -2.51. The van der Waals surface area contributed by atoms with Gasteiger partial charge in [-0.25, -0.2) is 4.79 Å². The number of aliphatic hydroxyl groups excluding tert-OH is 1. The van der Waals surface area contributed by atoms with Gasteiger partial charge in [0.1, 0.15) is 6.04 Å². The van der Waals surface area contributed by atoms with Crippen LogP contribution in [0.1, 0.15) is 85.5 Å². The van der Waals surface area contributed by atoms with Crippen LogP contribution < -0.4 is 5.32 Å². The lowest BCUT2D eigenvalue weighted by atomic mass is 9.47. The highest BCUT2D eigenvalue weighted by Crippen LogP contribution is 2.65. The smallest absolute Gasteiger partial charge is 0.326 e. The molecule has 4 aliphatic rings. The van der Waals surface area contributed by atoms with Gasteiger partial charge < -0.3 is 20.4 Å². The molecular weight excluding hydrogens is 432 g/mol. The first-order chi connectivity index (χ1) is 16.1. The van der Waals surface area contributed by atoms with Crippen LogP contribution in [-0.4, -0.2) is 46.6 Å². The highest BCUT2D eigenvalue weighted by molar-refractivity contribution is 5.96. The van der Waals surface area contributed by atoms with E-state index in [1.165, 1.54) is 18.4 Å². The van der Waals surface area contributed by atoms with Crippen LogP contribution in [0, 0.1) is 34.5 Å². The maximum Gasteiger partial charge on any atom is 0.326 e. The minimum Gasteiger partial charge on any atom is -0.480 e. The van der Waals surface area contributed by atoms with Crippen LogP contribution in [0.3, 0.4) is 0 Å². The summed E-state index contributed by atoms with van der Waals surface area (Å²) in [5.74, 6) is 0.350. The molecule has 34 heavy (non-hydrogen) atoms. The lowest BCUT2D eigenvalue weighted by Gasteiger charge is -2.57. The second kappa shape index (κ2) is 9.63. The first-order valence-electron chi connectivity index (χ1n) is 13.2. The van der Waals surface area contributed by atoms with Crippen molar-refractivity contribution in [2.24, 2.45) is 39.7 Å². The first-order valence-corrected chi connectivity index (χ1v) is 13.2. The number of hydrogen-bond acceptors (Lipinski definition) is 5. The van der Waals surface area contributed by atoms with Crippen LogP contribution >= 0.6 is 0 Å². The third-order valence-corrected chi connectivity index (χ3v) is 10.1. The number of nitrogens with one attached hydrogen (secondary N) is 1. The summed E-state index contributed by atoms with van der Waals surface area (Å²) in [6, 6.07) is -0.917. The Morgan fingerprint density at radius 3 is 2.65 bits per heavy atom. The summed E-state index contributed by atoms with van der Waals surface area (Å²) in [7, 11) is 0. The average molecular weight is 475 g/mol. The Morgan fingerprint density at radius 2 is 1.94 bits per heavy atom. The van der Waals surface area contributed by atoms with Crippen LogP contribution in [0.2, 0.25) is 0 Å². The summed E-state index contributed by atoms with van der Waals surface area (Å²) in [5, 5.41) is 26.8. The van der Waals surface area contributed by atoms with Crippen LogP contribution in [-0.2, 0) is 14.4 Å². The quantitative estimate of drug-likeness (QED) is 0.477. The van der Waals surface area contributed by atoms with Gasteiger partial charge in [-0.05, 0) is 91.9 Å². The van der Waals surface area contributed by atoms with Crippen LogP contribution in [0.4, 0.5) is 0 Å². The predicted octanol–water partition coefficient (Wildman–Crippen LogP) is 4.30. The minimum absolute atomic E-state index is 0.100. The minimum atomic E-state index is -1.03. The lowest BCUT2D eigenvalue weighted by molar-refractivity contribution is -0.144. The SMILES string of the molecule is CC[C@H](C)[C@H](NC(=O)CO/N=C1/C=C2CC[C@H]3[C@H]4CC[C@H](O)[C@@]4(C)CC[C@H]3[C@@]2(C)CC1)C(=O)O. The molecule has 1 amide bonds. The van der Waals surface area contributed by atoms with Crippen LogP contribution in [0.25, 0.3) is 0 Å². The Bertz CT molecular complexity index is 869. The zero-order valence-electron chi connectivity index (χ0n) is 21.2.